The van der Waals surface area contributed by atoms with Crippen molar-refractivity contribution in [3.05, 3.63) is 0 Å². The fraction of sp³-hybridized carbons (Fsp3) is 0.940. The Morgan fingerprint density at radius 1 is 0.314 bits per heavy atom. The van der Waals surface area contributed by atoms with Crippen molar-refractivity contribution in [2.75, 3.05) is 39.6 Å². The number of ether oxygens (including phenoxy) is 4. The minimum Gasteiger partial charge on any atom is -0.462 e. The molecule has 0 fully saturated rings. The van der Waals surface area contributed by atoms with Crippen LogP contribution in [0.25, 0.3) is 0 Å². The van der Waals surface area contributed by atoms with Gasteiger partial charge in [0.15, 0.2) is 12.2 Å². The first-order chi connectivity index (χ1) is 41.4. The quantitative estimate of drug-likeness (QED) is 0.0222. The van der Waals surface area contributed by atoms with Crippen LogP contribution in [0.4, 0.5) is 0 Å². The molecule has 0 aromatic rings. The van der Waals surface area contributed by atoms with Crippen LogP contribution in [-0.4, -0.2) is 96.7 Å². The Morgan fingerprint density at radius 2 is 0.535 bits per heavy atom. The Balaban J connectivity index is 5.21. The predicted octanol–water partition coefficient (Wildman–Crippen LogP) is 18.8. The molecule has 0 aliphatic heterocycles. The number of esters is 4. The second kappa shape index (κ2) is 59.4. The topological polar surface area (TPSA) is 237 Å². The second-order valence-corrected chi connectivity index (χ2v) is 28.1. The van der Waals surface area contributed by atoms with Crippen LogP contribution in [0.3, 0.4) is 0 Å². The highest BCUT2D eigenvalue weighted by Crippen LogP contribution is 2.45. The molecule has 0 spiro atoms. The number of phosphoric acid groups is 2. The van der Waals surface area contributed by atoms with E-state index in [0.29, 0.717) is 31.6 Å². The van der Waals surface area contributed by atoms with Gasteiger partial charge in [0.2, 0.25) is 0 Å². The lowest BCUT2D eigenvalue weighted by Gasteiger charge is -2.21. The van der Waals surface area contributed by atoms with Crippen molar-refractivity contribution in [2.45, 2.75) is 355 Å². The Labute approximate surface area is 524 Å². The molecule has 19 heteroatoms. The third kappa shape index (κ3) is 60.9. The fourth-order valence-corrected chi connectivity index (χ4v) is 11.6. The molecule has 86 heavy (non-hydrogen) atoms. The van der Waals surface area contributed by atoms with Gasteiger partial charge in [-0.15, -0.1) is 0 Å². The zero-order valence-electron chi connectivity index (χ0n) is 55.6. The molecule has 510 valence electrons. The van der Waals surface area contributed by atoms with E-state index in [2.05, 4.69) is 41.5 Å². The van der Waals surface area contributed by atoms with E-state index in [1.165, 1.54) is 141 Å². The van der Waals surface area contributed by atoms with Crippen molar-refractivity contribution in [3.63, 3.8) is 0 Å². The van der Waals surface area contributed by atoms with Gasteiger partial charge in [-0.1, -0.05) is 286 Å². The standard InChI is InChI=1S/C67H130O17P2/c1-7-9-11-13-15-16-17-18-19-20-21-22-27-33-39-45-51-66(71)83-63(56-78-65(70)50-44-38-32-26-24-23-25-30-35-41-47-59(3)4)58-82-86(75,76)80-54-61(68)53-79-85(73,74)81-57-62(55-77-64(69)49-43-37-29-14-12-10-8-2)84-67(72)52-46-40-34-28-31-36-42-48-60(5)6/h59-63,68H,7-58H2,1-6H3,(H,73,74)(H,75,76)/t61-,62+,63+/m0/s1. The van der Waals surface area contributed by atoms with Crippen LogP contribution in [0.15, 0.2) is 0 Å². The van der Waals surface area contributed by atoms with Gasteiger partial charge in [-0.3, -0.25) is 37.3 Å². The van der Waals surface area contributed by atoms with Crippen molar-refractivity contribution in [1.29, 1.82) is 0 Å². The summed E-state index contributed by atoms with van der Waals surface area (Å²) in [5, 5.41) is 10.5. The Bertz CT molecular complexity index is 1680. The summed E-state index contributed by atoms with van der Waals surface area (Å²) < 4.78 is 68.0. The maximum absolute atomic E-state index is 13.0. The highest BCUT2D eigenvalue weighted by atomic mass is 31.2. The summed E-state index contributed by atoms with van der Waals surface area (Å²) in [5.41, 5.74) is 0. The molecular weight excluding hydrogens is 1140 g/mol. The summed E-state index contributed by atoms with van der Waals surface area (Å²) in [6, 6.07) is 0. The first-order valence-electron chi connectivity index (χ1n) is 35.0. The van der Waals surface area contributed by atoms with E-state index in [4.69, 9.17) is 37.0 Å². The molecule has 0 heterocycles. The number of unbranched alkanes of at least 4 members (excludes halogenated alkanes) is 36. The van der Waals surface area contributed by atoms with Crippen LogP contribution < -0.4 is 0 Å². The monoisotopic (exact) mass is 1270 g/mol. The number of phosphoric ester groups is 2. The first kappa shape index (κ1) is 84.1. The van der Waals surface area contributed by atoms with E-state index in [9.17, 15) is 43.2 Å². The van der Waals surface area contributed by atoms with E-state index < -0.39 is 97.5 Å². The molecule has 0 saturated heterocycles. The van der Waals surface area contributed by atoms with Crippen molar-refractivity contribution in [1.82, 2.24) is 0 Å². The van der Waals surface area contributed by atoms with Crippen molar-refractivity contribution in [2.24, 2.45) is 11.8 Å². The molecule has 3 N–H and O–H groups in total. The first-order valence-corrected chi connectivity index (χ1v) is 38.0. The second-order valence-electron chi connectivity index (χ2n) is 25.2. The molecule has 0 aliphatic carbocycles. The molecule has 5 atom stereocenters. The van der Waals surface area contributed by atoms with Gasteiger partial charge in [0.1, 0.15) is 19.3 Å². The largest absolute Gasteiger partial charge is 0.472 e. The van der Waals surface area contributed by atoms with Gasteiger partial charge in [0.25, 0.3) is 0 Å². The van der Waals surface area contributed by atoms with E-state index in [-0.39, 0.29) is 25.7 Å². The lowest BCUT2D eigenvalue weighted by atomic mass is 10.0. The zero-order valence-corrected chi connectivity index (χ0v) is 57.4. The molecule has 17 nitrogen and oxygen atoms in total. The number of carbonyl (C=O) groups is 4. The van der Waals surface area contributed by atoms with Crippen LogP contribution in [0.5, 0.6) is 0 Å². The van der Waals surface area contributed by atoms with E-state index in [0.717, 1.165) is 109 Å². The normalized spacial score (nSPS) is 14.2. The Morgan fingerprint density at radius 3 is 0.791 bits per heavy atom. The predicted molar refractivity (Wildman–Crippen MR) is 345 cm³/mol. The average Bonchev–Trinajstić information content (AvgIpc) is 3.65. The maximum Gasteiger partial charge on any atom is 0.472 e. The molecule has 0 aliphatic rings. The van der Waals surface area contributed by atoms with E-state index in [1.807, 2.05) is 0 Å². The number of carbonyl (C=O) groups excluding carboxylic acids is 4. The van der Waals surface area contributed by atoms with Gasteiger partial charge in [-0.2, -0.15) is 0 Å². The van der Waals surface area contributed by atoms with Gasteiger partial charge >= 0.3 is 39.5 Å². The summed E-state index contributed by atoms with van der Waals surface area (Å²) in [5.74, 6) is -0.680. The molecule has 0 amide bonds. The molecule has 0 rings (SSSR count). The lowest BCUT2D eigenvalue weighted by Crippen LogP contribution is -2.30. The van der Waals surface area contributed by atoms with Crippen molar-refractivity contribution < 1.29 is 80.2 Å². The number of aliphatic hydroxyl groups is 1. The molecule has 0 bridgehead atoms. The van der Waals surface area contributed by atoms with Crippen LogP contribution in [0.1, 0.15) is 337 Å². The SMILES string of the molecule is CCCCCCCCCCCCCCCCCCC(=O)O[C@H](COC(=O)CCCCCCCCCCCCC(C)C)COP(=O)(O)OC[C@@H](O)COP(=O)(O)OC[C@@H](COC(=O)CCCCCCCCC)OC(=O)CCCCCCCCCC(C)C. The highest BCUT2D eigenvalue weighted by molar-refractivity contribution is 7.47. The van der Waals surface area contributed by atoms with E-state index in [1.54, 1.807) is 0 Å². The molecule has 0 aromatic heterocycles. The molecular formula is C67H130O17P2. The number of rotatable bonds is 66. The lowest BCUT2D eigenvalue weighted by molar-refractivity contribution is -0.161. The molecule has 0 aromatic carbocycles. The minimum atomic E-state index is -4.95. The fourth-order valence-electron chi connectivity index (χ4n) is 10.1. The molecule has 2 unspecified atom stereocenters. The van der Waals surface area contributed by atoms with Crippen molar-refractivity contribution in [3.8, 4) is 0 Å². The third-order valence-electron chi connectivity index (χ3n) is 15.5. The number of aliphatic hydroxyl groups excluding tert-OH is 1. The van der Waals surface area contributed by atoms with Crippen LogP contribution >= 0.6 is 15.6 Å². The van der Waals surface area contributed by atoms with Crippen molar-refractivity contribution >= 4 is 39.5 Å². The third-order valence-corrected chi connectivity index (χ3v) is 17.4. The average molecular weight is 1270 g/mol. The minimum absolute atomic E-state index is 0.103. The van der Waals surface area contributed by atoms with Gasteiger partial charge in [0, 0.05) is 25.7 Å². The van der Waals surface area contributed by atoms with Crippen LogP contribution in [0.2, 0.25) is 0 Å². The Hall–Kier alpha value is -1.94. The smallest absolute Gasteiger partial charge is 0.462 e. The highest BCUT2D eigenvalue weighted by Gasteiger charge is 2.30. The Kier molecular flexibility index (Phi) is 58.0. The van der Waals surface area contributed by atoms with Gasteiger partial charge in [-0.05, 0) is 37.5 Å². The molecule has 0 saturated carbocycles. The van der Waals surface area contributed by atoms with Gasteiger partial charge in [-0.25, -0.2) is 9.13 Å². The van der Waals surface area contributed by atoms with Gasteiger partial charge < -0.3 is 33.8 Å². The number of hydrogen-bond donors (Lipinski definition) is 3. The van der Waals surface area contributed by atoms with Crippen LogP contribution in [0, 0.1) is 11.8 Å². The molecule has 0 radical (unpaired) electrons. The number of hydrogen-bond acceptors (Lipinski definition) is 15. The van der Waals surface area contributed by atoms with Crippen LogP contribution in [-0.2, 0) is 65.4 Å². The zero-order chi connectivity index (χ0) is 63.6. The maximum atomic E-state index is 13.0. The van der Waals surface area contributed by atoms with Gasteiger partial charge in [0.05, 0.1) is 26.4 Å². The summed E-state index contributed by atoms with van der Waals surface area (Å²) in [6.07, 6.45) is 43.3. The summed E-state index contributed by atoms with van der Waals surface area (Å²) in [4.78, 5) is 72.2. The summed E-state index contributed by atoms with van der Waals surface area (Å²) >= 11 is 0. The van der Waals surface area contributed by atoms with E-state index >= 15 is 0 Å². The summed E-state index contributed by atoms with van der Waals surface area (Å²) in [7, 11) is -9.89. The summed E-state index contributed by atoms with van der Waals surface area (Å²) in [6.45, 7) is 9.42.